The quantitative estimate of drug-likeness (QED) is 0.387. The summed E-state index contributed by atoms with van der Waals surface area (Å²) in [5.41, 5.74) is 0.0682. The molecule has 0 atom stereocenters. The molecule has 0 aliphatic carbocycles. The maximum Gasteiger partial charge on any atom is 1.00 e. The first-order valence-corrected chi connectivity index (χ1v) is 3.78. The van der Waals surface area contributed by atoms with E-state index in [0.29, 0.717) is 5.39 Å². The summed E-state index contributed by atoms with van der Waals surface area (Å²) in [7, 11) is 0. The van der Waals surface area contributed by atoms with Gasteiger partial charge in [-0.3, -0.25) is 0 Å². The second kappa shape index (κ2) is 4.55. The summed E-state index contributed by atoms with van der Waals surface area (Å²) in [6.07, 6.45) is 0. The minimum Gasteiger partial charge on any atom is -0.507 e. The predicted octanol–water partition coefficient (Wildman–Crippen LogP) is -0.253. The van der Waals surface area contributed by atoms with Crippen LogP contribution >= 0.6 is 0 Å². The Morgan fingerprint density at radius 3 is 2.79 bits per heavy atom. The van der Waals surface area contributed by atoms with Crippen LogP contribution in [0.15, 0.2) is 35.5 Å². The van der Waals surface area contributed by atoms with Gasteiger partial charge < -0.3 is 5.11 Å². The number of hydrogen-bond donors (Lipinski definition) is 1. The molecular weight excluding hydrogens is 189 g/mol. The van der Waals surface area contributed by atoms with Crippen LogP contribution in [0.2, 0.25) is 0 Å². The summed E-state index contributed by atoms with van der Waals surface area (Å²) in [6, 6.07) is 11.2. The Hall–Kier alpha value is -0.900. The smallest absolute Gasteiger partial charge is 0.507 e. The van der Waals surface area contributed by atoms with Crippen LogP contribution in [-0.2, 0) is 0 Å². The molecule has 0 heterocycles. The zero-order chi connectivity index (χ0) is 9.26. The molecule has 14 heavy (non-hydrogen) atoms. The summed E-state index contributed by atoms with van der Waals surface area (Å²) >= 11 is 0. The van der Waals surface area contributed by atoms with E-state index in [1.54, 1.807) is 24.3 Å². The van der Waals surface area contributed by atoms with Crippen molar-refractivity contribution in [1.29, 1.82) is 0 Å². The topological polar surface area (TPSA) is 49.7 Å². The van der Waals surface area contributed by atoms with Gasteiger partial charge in [0.25, 0.3) is 0 Å². The molecule has 0 aliphatic heterocycles. The third-order valence-electron chi connectivity index (χ3n) is 1.91. The van der Waals surface area contributed by atoms with Crippen LogP contribution in [0, 0.1) is 11.0 Å². The molecule has 0 bridgehead atoms. The normalized spacial score (nSPS) is 9.43. The number of nitrogens with zero attached hydrogens (tertiary/aromatic N) is 1. The molecule has 3 nitrogen and oxygen atoms in total. The van der Waals surface area contributed by atoms with Gasteiger partial charge in [-0.15, -0.1) is 16.4 Å². The van der Waals surface area contributed by atoms with Crippen LogP contribution in [0.1, 0.15) is 0 Å². The van der Waals surface area contributed by atoms with Crippen molar-refractivity contribution < 1.29 is 34.7 Å². The molecule has 0 unspecified atom stereocenters. The summed E-state index contributed by atoms with van der Waals surface area (Å²) in [5, 5.41) is 13.7. The van der Waals surface area contributed by atoms with Crippen molar-refractivity contribution in [3.63, 3.8) is 0 Å². The van der Waals surface area contributed by atoms with Crippen molar-refractivity contribution in [3.05, 3.63) is 41.3 Å². The van der Waals surface area contributed by atoms with Crippen molar-refractivity contribution in [2.75, 3.05) is 0 Å². The van der Waals surface area contributed by atoms with E-state index in [0.717, 1.165) is 5.39 Å². The van der Waals surface area contributed by atoms with E-state index in [1.165, 1.54) is 6.07 Å². The van der Waals surface area contributed by atoms with Gasteiger partial charge in [0, 0.05) is 0 Å². The number of nitroso groups, excluding NO2 is 1. The molecule has 0 saturated heterocycles. The average molecular weight is 195 g/mol. The molecule has 2 aromatic rings. The van der Waals surface area contributed by atoms with Crippen molar-refractivity contribution >= 4 is 16.5 Å². The fourth-order valence-electron chi connectivity index (χ4n) is 1.26. The number of hydrogen-bond acceptors (Lipinski definition) is 3. The van der Waals surface area contributed by atoms with E-state index in [-0.39, 0.29) is 41.0 Å². The van der Waals surface area contributed by atoms with E-state index in [9.17, 15) is 10.0 Å². The molecule has 4 heteroatoms. The molecule has 64 valence electrons. The minimum atomic E-state index is -0.0681. The molecule has 0 radical (unpaired) electrons. The van der Waals surface area contributed by atoms with Crippen LogP contribution in [0.3, 0.4) is 0 Å². The summed E-state index contributed by atoms with van der Waals surface area (Å²) in [6.45, 7) is 0. The number of phenolic OH excluding ortho intramolecular Hbond substituents is 1. The van der Waals surface area contributed by atoms with Gasteiger partial charge in [0.05, 0.1) is 0 Å². The van der Waals surface area contributed by atoms with E-state index in [4.69, 9.17) is 0 Å². The SMILES string of the molecule is O=Nc1ccc2c[c-]ccc2c1O.[Na+]. The van der Waals surface area contributed by atoms with Crippen molar-refractivity contribution in [2.24, 2.45) is 5.18 Å². The average Bonchev–Trinajstić information content (AvgIpc) is 2.19. The molecule has 2 aromatic carbocycles. The molecule has 0 spiro atoms. The van der Waals surface area contributed by atoms with E-state index >= 15 is 0 Å². The van der Waals surface area contributed by atoms with Gasteiger partial charge >= 0.3 is 29.6 Å². The number of phenols is 1. The Labute approximate surface area is 103 Å². The third-order valence-corrected chi connectivity index (χ3v) is 1.91. The standard InChI is InChI=1S/C10H6NO2.Na/c12-10-8-4-2-1-3-7(8)5-6-9(10)11-13;/h2-6,12H;/q-1;+1. The first-order valence-electron chi connectivity index (χ1n) is 3.78. The Balaban J connectivity index is 0.000000980. The van der Waals surface area contributed by atoms with Gasteiger partial charge in [-0.2, -0.15) is 24.3 Å². The van der Waals surface area contributed by atoms with E-state index in [2.05, 4.69) is 11.2 Å². The largest absolute Gasteiger partial charge is 1.00 e. The van der Waals surface area contributed by atoms with Crippen LogP contribution in [0.4, 0.5) is 5.69 Å². The molecule has 0 aliphatic rings. The molecule has 2 rings (SSSR count). The molecular formula is C10H6NNaO2. The van der Waals surface area contributed by atoms with Crippen molar-refractivity contribution in [1.82, 2.24) is 0 Å². The van der Waals surface area contributed by atoms with Crippen molar-refractivity contribution in [2.45, 2.75) is 0 Å². The third kappa shape index (κ3) is 1.80. The summed E-state index contributed by atoms with van der Waals surface area (Å²) < 4.78 is 0. The van der Waals surface area contributed by atoms with E-state index in [1.807, 2.05) is 0 Å². The Bertz CT molecular complexity index is 471. The molecule has 0 amide bonds. The van der Waals surface area contributed by atoms with Gasteiger partial charge in [0.1, 0.15) is 11.4 Å². The molecule has 0 saturated carbocycles. The van der Waals surface area contributed by atoms with Gasteiger partial charge in [-0.1, -0.05) is 5.39 Å². The van der Waals surface area contributed by atoms with Gasteiger partial charge in [-0.05, 0) is 11.2 Å². The van der Waals surface area contributed by atoms with Crippen LogP contribution in [0.5, 0.6) is 5.75 Å². The van der Waals surface area contributed by atoms with E-state index < -0.39 is 0 Å². The van der Waals surface area contributed by atoms with Crippen LogP contribution in [-0.4, -0.2) is 5.11 Å². The number of rotatable bonds is 1. The Kier molecular flexibility index (Phi) is 3.63. The predicted molar refractivity (Wildman–Crippen MR) is 49.9 cm³/mol. The fourth-order valence-corrected chi connectivity index (χ4v) is 1.26. The van der Waals surface area contributed by atoms with Crippen LogP contribution in [0.25, 0.3) is 10.8 Å². The van der Waals surface area contributed by atoms with Crippen molar-refractivity contribution in [3.8, 4) is 5.75 Å². The first kappa shape index (κ1) is 11.2. The molecule has 0 aromatic heterocycles. The second-order valence-corrected chi connectivity index (χ2v) is 2.67. The first-order chi connectivity index (χ1) is 6.33. The summed E-state index contributed by atoms with van der Waals surface area (Å²) in [4.78, 5) is 10.3. The van der Waals surface area contributed by atoms with Gasteiger partial charge in [0.15, 0.2) is 0 Å². The molecule has 1 N–H and O–H groups in total. The van der Waals surface area contributed by atoms with Gasteiger partial charge in [0.2, 0.25) is 0 Å². The maximum absolute atomic E-state index is 10.3. The zero-order valence-corrected chi connectivity index (χ0v) is 9.69. The Morgan fingerprint density at radius 2 is 2.07 bits per heavy atom. The zero-order valence-electron chi connectivity index (χ0n) is 7.69. The fraction of sp³-hybridized carbons (Fsp3) is 0. The number of fused-ring (bicyclic) bond motifs is 1. The number of aromatic hydroxyl groups is 1. The Morgan fingerprint density at radius 1 is 1.29 bits per heavy atom. The number of benzene rings is 2. The monoisotopic (exact) mass is 195 g/mol. The van der Waals surface area contributed by atoms with Crippen LogP contribution < -0.4 is 29.6 Å². The maximum atomic E-state index is 10.3. The minimum absolute atomic E-state index is 0. The molecule has 0 fully saturated rings. The summed E-state index contributed by atoms with van der Waals surface area (Å²) in [5.74, 6) is -0.0681. The second-order valence-electron chi connectivity index (χ2n) is 2.67. The van der Waals surface area contributed by atoms with Gasteiger partial charge in [-0.25, -0.2) is 0 Å².